The first-order chi connectivity index (χ1) is 11.5. The molecule has 2 heterocycles. The minimum absolute atomic E-state index is 0.0201. The van der Waals surface area contributed by atoms with Gasteiger partial charge in [0.05, 0.1) is 5.60 Å². The second-order valence-electron chi connectivity index (χ2n) is 7.34. The molecule has 2 N–H and O–H groups in total. The van der Waals surface area contributed by atoms with Crippen molar-refractivity contribution in [3.8, 4) is 0 Å². The second-order valence-corrected chi connectivity index (χ2v) is 8.14. The van der Waals surface area contributed by atoms with E-state index < -0.39 is 5.60 Å². The normalized spacial score (nSPS) is 29.5. The molecule has 0 aliphatic heterocycles. The Hall–Kier alpha value is -1.34. The number of hydrogen-bond acceptors (Lipinski definition) is 5. The molecule has 0 unspecified atom stereocenters. The summed E-state index contributed by atoms with van der Waals surface area (Å²) >= 11 is 1.48. The van der Waals surface area contributed by atoms with E-state index in [0.29, 0.717) is 6.54 Å². The van der Waals surface area contributed by atoms with Crippen molar-refractivity contribution in [2.24, 2.45) is 0 Å². The number of nitrogens with one attached hydrogen (secondary N) is 1. The van der Waals surface area contributed by atoms with Crippen molar-refractivity contribution in [1.82, 2.24) is 19.5 Å². The van der Waals surface area contributed by atoms with Gasteiger partial charge in [0.1, 0.15) is 16.4 Å². The van der Waals surface area contributed by atoms with Crippen molar-refractivity contribution in [3.63, 3.8) is 0 Å². The van der Waals surface area contributed by atoms with Gasteiger partial charge in [-0.05, 0) is 51.2 Å². The monoisotopic (exact) mass is 348 g/mol. The number of aromatic amines is 1. The molecule has 24 heavy (non-hydrogen) atoms. The number of aryl methyl sites for hydroxylation is 1. The molecule has 2 aromatic heterocycles. The number of aliphatic hydroxyl groups is 1. The van der Waals surface area contributed by atoms with Gasteiger partial charge in [0.15, 0.2) is 5.65 Å². The molecule has 2 bridgehead atoms. The zero-order valence-electron chi connectivity index (χ0n) is 14.3. The van der Waals surface area contributed by atoms with Crippen LogP contribution in [0.5, 0.6) is 0 Å². The quantitative estimate of drug-likeness (QED) is 0.655. The summed E-state index contributed by atoms with van der Waals surface area (Å²) in [6.45, 7) is 2.68. The smallest absolute Gasteiger partial charge is 0.350 e. The predicted octanol–water partition coefficient (Wildman–Crippen LogP) is 2.59. The van der Waals surface area contributed by atoms with E-state index in [1.165, 1.54) is 11.8 Å². The molecule has 0 spiro atoms. The average molecular weight is 348 g/mol. The third-order valence-electron chi connectivity index (χ3n) is 5.93. The summed E-state index contributed by atoms with van der Waals surface area (Å²) in [7, 11) is 0. The van der Waals surface area contributed by atoms with Crippen LogP contribution in [0.3, 0.4) is 0 Å². The van der Waals surface area contributed by atoms with Gasteiger partial charge < -0.3 is 10.1 Å². The molecule has 5 rings (SSSR count). The zero-order valence-corrected chi connectivity index (χ0v) is 15.1. The number of thioether (sulfide) groups is 1. The lowest BCUT2D eigenvalue weighted by atomic mass is 9.58. The zero-order chi connectivity index (χ0) is 16.9. The van der Waals surface area contributed by atoms with E-state index in [1.807, 2.05) is 6.26 Å². The SMILES string of the molecule is CCCn1c(=O)nc(SC)c2[nH]c(C34CCC(O)(CC3)CC4)nc21. The van der Waals surface area contributed by atoms with Crippen LogP contribution in [-0.4, -0.2) is 36.5 Å². The summed E-state index contributed by atoms with van der Waals surface area (Å²) in [4.78, 5) is 25.0. The summed E-state index contributed by atoms with van der Waals surface area (Å²) in [6.07, 6.45) is 8.23. The molecule has 3 aliphatic carbocycles. The van der Waals surface area contributed by atoms with Crippen LogP contribution < -0.4 is 5.69 Å². The van der Waals surface area contributed by atoms with Crippen LogP contribution in [0.1, 0.15) is 57.7 Å². The van der Waals surface area contributed by atoms with Crippen LogP contribution in [0.25, 0.3) is 11.2 Å². The molecule has 7 heteroatoms. The molecule has 3 fully saturated rings. The molecule has 6 nitrogen and oxygen atoms in total. The highest BCUT2D eigenvalue weighted by molar-refractivity contribution is 7.98. The molecule has 2 aromatic rings. The fourth-order valence-corrected chi connectivity index (χ4v) is 4.86. The largest absolute Gasteiger partial charge is 0.390 e. The molecule has 0 amide bonds. The number of aromatic nitrogens is 4. The summed E-state index contributed by atoms with van der Waals surface area (Å²) in [5.74, 6) is 0.979. The van der Waals surface area contributed by atoms with Crippen molar-refractivity contribution in [2.45, 2.75) is 74.5 Å². The molecule has 3 saturated carbocycles. The van der Waals surface area contributed by atoms with Crippen LogP contribution in [0, 0.1) is 0 Å². The Morgan fingerprint density at radius 1 is 1.21 bits per heavy atom. The first kappa shape index (κ1) is 16.1. The first-order valence-corrected chi connectivity index (χ1v) is 10.0. The van der Waals surface area contributed by atoms with E-state index >= 15 is 0 Å². The maximum Gasteiger partial charge on any atom is 0.350 e. The second kappa shape index (κ2) is 5.59. The third-order valence-corrected chi connectivity index (χ3v) is 6.61. The highest BCUT2D eigenvalue weighted by Gasteiger charge is 2.50. The number of hydrogen-bond donors (Lipinski definition) is 2. The first-order valence-electron chi connectivity index (χ1n) is 8.78. The summed E-state index contributed by atoms with van der Waals surface area (Å²) in [5.41, 5.74) is 0.963. The van der Waals surface area contributed by atoms with Gasteiger partial charge >= 0.3 is 5.69 Å². The van der Waals surface area contributed by atoms with Gasteiger partial charge in [-0.2, -0.15) is 4.98 Å². The maximum atomic E-state index is 12.3. The van der Waals surface area contributed by atoms with Gasteiger partial charge in [-0.25, -0.2) is 9.78 Å². The molecule has 0 aromatic carbocycles. The van der Waals surface area contributed by atoms with Crippen LogP contribution in [0.4, 0.5) is 0 Å². The van der Waals surface area contributed by atoms with Gasteiger partial charge in [-0.3, -0.25) is 4.57 Å². The van der Waals surface area contributed by atoms with Crippen molar-refractivity contribution in [2.75, 3.05) is 6.26 Å². The van der Waals surface area contributed by atoms with Crippen LogP contribution in [0.2, 0.25) is 0 Å². The Labute approximate surface area is 145 Å². The van der Waals surface area contributed by atoms with Gasteiger partial charge in [-0.1, -0.05) is 6.92 Å². The van der Waals surface area contributed by atoms with Crippen LogP contribution in [0.15, 0.2) is 9.82 Å². The Kier molecular flexibility index (Phi) is 3.76. The highest BCUT2D eigenvalue weighted by atomic mass is 32.2. The van der Waals surface area contributed by atoms with Gasteiger partial charge in [0, 0.05) is 12.0 Å². The molecule has 3 aliphatic rings. The Bertz CT molecular complexity index is 816. The molecule has 0 saturated heterocycles. The number of rotatable bonds is 4. The van der Waals surface area contributed by atoms with Crippen molar-refractivity contribution in [3.05, 3.63) is 16.3 Å². The molecule has 0 atom stereocenters. The van der Waals surface area contributed by atoms with E-state index in [-0.39, 0.29) is 11.1 Å². The number of imidazole rings is 1. The van der Waals surface area contributed by atoms with Crippen molar-refractivity contribution < 1.29 is 5.11 Å². The Morgan fingerprint density at radius 2 is 1.88 bits per heavy atom. The van der Waals surface area contributed by atoms with Gasteiger partial charge in [0.2, 0.25) is 0 Å². The maximum absolute atomic E-state index is 12.3. The Morgan fingerprint density at radius 3 is 2.46 bits per heavy atom. The predicted molar refractivity (Wildman–Crippen MR) is 94.6 cm³/mol. The molecule has 130 valence electrons. The van der Waals surface area contributed by atoms with E-state index in [0.717, 1.165) is 67.0 Å². The lowest BCUT2D eigenvalue weighted by molar-refractivity contribution is -0.0677. The minimum Gasteiger partial charge on any atom is -0.390 e. The molecule has 0 radical (unpaired) electrons. The fraction of sp³-hybridized carbons (Fsp3) is 0.706. The lowest BCUT2D eigenvalue weighted by Crippen LogP contribution is -2.48. The average Bonchev–Trinajstić information content (AvgIpc) is 3.04. The summed E-state index contributed by atoms with van der Waals surface area (Å²) in [6, 6.07) is 0. The van der Waals surface area contributed by atoms with E-state index in [2.05, 4.69) is 16.9 Å². The summed E-state index contributed by atoms with van der Waals surface area (Å²) in [5, 5.41) is 11.2. The number of fused-ring (bicyclic) bond motifs is 4. The number of H-pyrrole nitrogens is 1. The topological polar surface area (TPSA) is 83.8 Å². The van der Waals surface area contributed by atoms with E-state index in [4.69, 9.17) is 4.98 Å². The number of nitrogens with zero attached hydrogens (tertiary/aromatic N) is 3. The van der Waals surface area contributed by atoms with Gasteiger partial charge in [0.25, 0.3) is 0 Å². The fourth-order valence-electron chi connectivity index (χ4n) is 4.35. The summed E-state index contributed by atoms with van der Waals surface area (Å²) < 4.78 is 1.69. The van der Waals surface area contributed by atoms with E-state index in [9.17, 15) is 9.90 Å². The van der Waals surface area contributed by atoms with Gasteiger partial charge in [-0.15, -0.1) is 11.8 Å². The Balaban J connectivity index is 1.86. The standard InChI is InChI=1S/C17H24N4O2S/c1-3-10-21-12-11(13(24-2)20-15(21)22)18-14(19-12)16-4-7-17(23,8-5-16)9-6-16/h23H,3-10H2,1-2H3,(H,18,19). The highest BCUT2D eigenvalue weighted by Crippen LogP contribution is 2.53. The van der Waals surface area contributed by atoms with Crippen molar-refractivity contribution >= 4 is 22.9 Å². The molecular weight excluding hydrogens is 324 g/mol. The molecular formula is C17H24N4O2S. The van der Waals surface area contributed by atoms with Crippen LogP contribution in [-0.2, 0) is 12.0 Å². The minimum atomic E-state index is -0.454. The van der Waals surface area contributed by atoms with Crippen LogP contribution >= 0.6 is 11.8 Å². The lowest BCUT2D eigenvalue weighted by Gasteiger charge is -2.49. The third kappa shape index (κ3) is 2.32. The van der Waals surface area contributed by atoms with E-state index in [1.54, 1.807) is 4.57 Å². The van der Waals surface area contributed by atoms with Crippen molar-refractivity contribution in [1.29, 1.82) is 0 Å².